The average molecular weight is 311 g/mol. The molecule has 0 radical (unpaired) electrons. The van der Waals surface area contributed by atoms with Crippen LogP contribution in [0.2, 0.25) is 0 Å². The Labute approximate surface area is 154 Å². The van der Waals surface area contributed by atoms with Crippen LogP contribution < -0.4 is 40.0 Å². The maximum Gasteiger partial charge on any atom is 1.00 e. The third-order valence-electron chi connectivity index (χ3n) is 4.26. The standard InChI is InChI=1S/C17H23NO3.Na/c1-10-7-11(2)9-13(8-10)12(3)18-16(19)14-5-4-6-15(14)17(20)21;/h7-9,12,14-15H,4-6H2,1-3H3,(H,18,19)(H,20,21);/q;+1/p-1. The Balaban J connectivity index is 0.00000242. The van der Waals surface area contributed by atoms with E-state index in [-0.39, 0.29) is 41.5 Å². The van der Waals surface area contributed by atoms with Crippen molar-refractivity contribution in [1.29, 1.82) is 0 Å². The van der Waals surface area contributed by atoms with Crippen LogP contribution >= 0.6 is 0 Å². The molecule has 5 heteroatoms. The van der Waals surface area contributed by atoms with Gasteiger partial charge in [-0.2, -0.15) is 0 Å². The number of benzene rings is 1. The first-order chi connectivity index (χ1) is 9.88. The molecule has 1 aliphatic rings. The minimum Gasteiger partial charge on any atom is -0.550 e. The molecule has 1 saturated carbocycles. The van der Waals surface area contributed by atoms with E-state index >= 15 is 0 Å². The SMILES string of the molecule is Cc1cc(C)cc(C(C)NC(=O)C2CCCC2C(=O)[O-])c1.[Na+]. The zero-order valence-corrected chi connectivity index (χ0v) is 15.8. The van der Waals surface area contributed by atoms with Gasteiger partial charge in [-0.1, -0.05) is 35.7 Å². The summed E-state index contributed by atoms with van der Waals surface area (Å²) >= 11 is 0. The number of nitrogens with one attached hydrogen (secondary N) is 1. The Morgan fingerprint density at radius 3 is 2.23 bits per heavy atom. The summed E-state index contributed by atoms with van der Waals surface area (Å²) < 4.78 is 0. The molecule has 1 aromatic carbocycles. The normalized spacial score (nSPS) is 21.8. The maximum atomic E-state index is 12.3. The van der Waals surface area contributed by atoms with Gasteiger partial charge < -0.3 is 15.2 Å². The fourth-order valence-corrected chi connectivity index (χ4v) is 3.22. The van der Waals surface area contributed by atoms with Crippen LogP contribution in [0.25, 0.3) is 0 Å². The van der Waals surface area contributed by atoms with Gasteiger partial charge in [0, 0.05) is 17.8 Å². The minimum absolute atomic E-state index is 0. The second kappa shape index (κ2) is 8.14. The van der Waals surface area contributed by atoms with Crippen LogP contribution in [0.1, 0.15) is 48.9 Å². The first-order valence-corrected chi connectivity index (χ1v) is 7.48. The molecule has 3 unspecified atom stereocenters. The molecule has 1 amide bonds. The fourth-order valence-electron chi connectivity index (χ4n) is 3.22. The number of rotatable bonds is 4. The monoisotopic (exact) mass is 311 g/mol. The summed E-state index contributed by atoms with van der Waals surface area (Å²) in [4.78, 5) is 23.4. The van der Waals surface area contributed by atoms with Crippen molar-refractivity contribution in [2.24, 2.45) is 11.8 Å². The van der Waals surface area contributed by atoms with Gasteiger partial charge in [0.1, 0.15) is 0 Å². The first-order valence-electron chi connectivity index (χ1n) is 7.48. The van der Waals surface area contributed by atoms with E-state index in [4.69, 9.17) is 0 Å². The largest absolute Gasteiger partial charge is 1.00 e. The summed E-state index contributed by atoms with van der Waals surface area (Å²) in [7, 11) is 0. The topological polar surface area (TPSA) is 69.2 Å². The summed E-state index contributed by atoms with van der Waals surface area (Å²) in [5, 5.41) is 14.0. The third-order valence-corrected chi connectivity index (χ3v) is 4.26. The molecule has 0 spiro atoms. The van der Waals surface area contributed by atoms with Gasteiger partial charge in [0.15, 0.2) is 0 Å². The Kier molecular flexibility index (Phi) is 7.10. The summed E-state index contributed by atoms with van der Waals surface area (Å²) in [6.45, 7) is 5.97. The minimum atomic E-state index is -1.10. The van der Waals surface area contributed by atoms with E-state index in [0.717, 1.165) is 23.1 Å². The van der Waals surface area contributed by atoms with Crippen molar-refractivity contribution in [3.05, 3.63) is 34.9 Å². The molecule has 0 bridgehead atoms. The Morgan fingerprint density at radius 1 is 1.14 bits per heavy atom. The number of carbonyl (C=O) groups excluding carboxylic acids is 2. The van der Waals surface area contributed by atoms with E-state index in [2.05, 4.69) is 11.4 Å². The zero-order valence-electron chi connectivity index (χ0n) is 13.8. The summed E-state index contributed by atoms with van der Waals surface area (Å²) in [6, 6.07) is 6.05. The van der Waals surface area contributed by atoms with E-state index < -0.39 is 17.8 Å². The van der Waals surface area contributed by atoms with Crippen LogP contribution in [-0.4, -0.2) is 11.9 Å². The molecule has 3 atom stereocenters. The molecule has 0 aliphatic heterocycles. The van der Waals surface area contributed by atoms with E-state index in [1.54, 1.807) is 0 Å². The zero-order chi connectivity index (χ0) is 15.6. The van der Waals surface area contributed by atoms with Crippen LogP contribution in [0.3, 0.4) is 0 Å². The van der Waals surface area contributed by atoms with Crippen molar-refractivity contribution in [1.82, 2.24) is 5.32 Å². The van der Waals surface area contributed by atoms with E-state index in [0.29, 0.717) is 12.8 Å². The van der Waals surface area contributed by atoms with Crippen LogP contribution in [0.4, 0.5) is 0 Å². The molecule has 22 heavy (non-hydrogen) atoms. The summed E-state index contributed by atoms with van der Waals surface area (Å²) in [5.74, 6) is -2.38. The molecule has 2 rings (SSSR count). The predicted molar refractivity (Wildman–Crippen MR) is 78.3 cm³/mol. The molecule has 1 fully saturated rings. The second-order valence-electron chi connectivity index (χ2n) is 6.11. The molecule has 1 aliphatic carbocycles. The number of amides is 1. The quantitative estimate of drug-likeness (QED) is 0.699. The van der Waals surface area contributed by atoms with Gasteiger partial charge in [-0.3, -0.25) is 4.79 Å². The van der Waals surface area contributed by atoms with Gasteiger partial charge in [0.2, 0.25) is 5.91 Å². The Morgan fingerprint density at radius 2 is 1.68 bits per heavy atom. The summed E-state index contributed by atoms with van der Waals surface area (Å²) in [5.41, 5.74) is 3.35. The van der Waals surface area contributed by atoms with E-state index in [1.165, 1.54) is 0 Å². The number of aliphatic carboxylic acids is 1. The van der Waals surface area contributed by atoms with Crippen molar-refractivity contribution in [2.75, 3.05) is 0 Å². The van der Waals surface area contributed by atoms with Gasteiger partial charge in [-0.25, -0.2) is 0 Å². The molecular weight excluding hydrogens is 289 g/mol. The van der Waals surface area contributed by atoms with Gasteiger partial charge in [0.05, 0.1) is 6.04 Å². The number of carbonyl (C=O) groups is 2. The Bertz CT molecular complexity index is 539. The van der Waals surface area contributed by atoms with Crippen LogP contribution in [0, 0.1) is 25.7 Å². The van der Waals surface area contributed by atoms with Crippen molar-refractivity contribution in [2.45, 2.75) is 46.1 Å². The molecule has 114 valence electrons. The van der Waals surface area contributed by atoms with Crippen LogP contribution in [0.5, 0.6) is 0 Å². The van der Waals surface area contributed by atoms with Crippen LogP contribution in [0.15, 0.2) is 18.2 Å². The molecule has 4 nitrogen and oxygen atoms in total. The molecule has 0 aromatic heterocycles. The van der Waals surface area contributed by atoms with Gasteiger partial charge in [0.25, 0.3) is 0 Å². The van der Waals surface area contributed by atoms with Crippen LogP contribution in [-0.2, 0) is 9.59 Å². The smallest absolute Gasteiger partial charge is 0.550 e. The first kappa shape index (κ1) is 19.2. The van der Waals surface area contributed by atoms with Gasteiger partial charge in [-0.15, -0.1) is 0 Å². The summed E-state index contributed by atoms with van der Waals surface area (Å²) in [6.07, 6.45) is 1.94. The fraction of sp³-hybridized carbons (Fsp3) is 0.529. The Hall–Kier alpha value is -0.840. The second-order valence-corrected chi connectivity index (χ2v) is 6.11. The molecular formula is C17H22NNaO3. The van der Waals surface area contributed by atoms with E-state index in [9.17, 15) is 14.7 Å². The van der Waals surface area contributed by atoms with E-state index in [1.807, 2.05) is 32.9 Å². The van der Waals surface area contributed by atoms with Crippen molar-refractivity contribution < 1.29 is 44.3 Å². The van der Waals surface area contributed by atoms with Crippen molar-refractivity contribution in [3.63, 3.8) is 0 Å². The maximum absolute atomic E-state index is 12.3. The van der Waals surface area contributed by atoms with Gasteiger partial charge in [-0.05, 0) is 39.2 Å². The number of hydrogen-bond donors (Lipinski definition) is 1. The number of hydrogen-bond acceptors (Lipinski definition) is 3. The molecule has 0 saturated heterocycles. The number of carboxylic acids is 1. The third kappa shape index (κ3) is 4.58. The molecule has 0 heterocycles. The molecule has 1 aromatic rings. The average Bonchev–Trinajstić information content (AvgIpc) is 2.86. The van der Waals surface area contributed by atoms with Crippen molar-refractivity contribution in [3.8, 4) is 0 Å². The van der Waals surface area contributed by atoms with Crippen molar-refractivity contribution >= 4 is 11.9 Å². The number of aryl methyl sites for hydroxylation is 2. The van der Waals surface area contributed by atoms with Gasteiger partial charge >= 0.3 is 29.6 Å². The molecule has 1 N–H and O–H groups in total. The predicted octanol–water partition coefficient (Wildman–Crippen LogP) is -1.35. The number of carboxylic acid groups (broad SMARTS) is 1.